The smallest absolute Gasteiger partial charge is 0.469 e. The summed E-state index contributed by atoms with van der Waals surface area (Å²) in [4.78, 5) is 30.5. The maximum absolute atomic E-state index is 11.7. The lowest BCUT2D eigenvalue weighted by Gasteiger charge is -2.31. The summed E-state index contributed by atoms with van der Waals surface area (Å²) in [6.45, 7) is 2.06. The van der Waals surface area contributed by atoms with Crippen LogP contribution >= 0.6 is 7.82 Å². The van der Waals surface area contributed by atoms with Gasteiger partial charge >= 0.3 is 13.8 Å². The van der Waals surface area contributed by atoms with E-state index in [-0.39, 0.29) is 42.9 Å². The second-order valence-electron chi connectivity index (χ2n) is 10.3. The minimum atomic E-state index is -4.71. The fourth-order valence-corrected chi connectivity index (χ4v) is 5.97. The number of aliphatic hydroxyl groups excluding tert-OH is 2. The lowest BCUT2D eigenvalue weighted by atomic mass is 9.78. The van der Waals surface area contributed by atoms with Crippen molar-refractivity contribution in [3.8, 4) is 5.75 Å². The molecule has 0 radical (unpaired) electrons. The molecule has 9 nitrogen and oxygen atoms in total. The molecule has 0 heterocycles. The van der Waals surface area contributed by atoms with Crippen LogP contribution in [-0.4, -0.2) is 57.0 Å². The van der Waals surface area contributed by atoms with Crippen LogP contribution in [0.4, 0.5) is 0 Å². The van der Waals surface area contributed by atoms with Crippen molar-refractivity contribution in [3.63, 3.8) is 0 Å². The topological polar surface area (TPSA) is 143 Å². The number of carbonyl (C=O) groups is 1. The van der Waals surface area contributed by atoms with Gasteiger partial charge in [0.25, 0.3) is 0 Å². The lowest BCUT2D eigenvalue weighted by molar-refractivity contribution is -0.145. The Kier molecular flexibility index (Phi) is 11.2. The minimum Gasteiger partial charge on any atom is -0.491 e. The zero-order valence-electron chi connectivity index (χ0n) is 21.0. The molecule has 0 aliphatic heterocycles. The van der Waals surface area contributed by atoms with Gasteiger partial charge in [-0.3, -0.25) is 9.32 Å². The van der Waals surface area contributed by atoms with Crippen LogP contribution in [0.15, 0.2) is 30.3 Å². The molecule has 0 aromatic heterocycles. The molecule has 6 atom stereocenters. The SMILES string of the molecule is C[C@@H](C[C@@H](O)COc1ccccc1)[C@@H]1[C@@H](CCCCCCC(=O)OC2CC2)[C@@H](OP(=O)(O)O)C[C@H]1O. The van der Waals surface area contributed by atoms with E-state index in [4.69, 9.17) is 14.0 Å². The Labute approximate surface area is 213 Å². The van der Waals surface area contributed by atoms with E-state index in [9.17, 15) is 29.4 Å². The summed E-state index contributed by atoms with van der Waals surface area (Å²) >= 11 is 0. The highest BCUT2D eigenvalue weighted by atomic mass is 31.2. The molecule has 2 fully saturated rings. The number of rotatable bonds is 16. The number of hydrogen-bond acceptors (Lipinski definition) is 7. The summed E-state index contributed by atoms with van der Waals surface area (Å²) in [5.74, 6) is -0.0952. The first kappa shape index (κ1) is 29.1. The van der Waals surface area contributed by atoms with Gasteiger partial charge in [-0.05, 0) is 62.0 Å². The Balaban J connectivity index is 1.48. The second-order valence-corrected chi connectivity index (χ2v) is 11.5. The van der Waals surface area contributed by atoms with Gasteiger partial charge in [0.2, 0.25) is 0 Å². The third-order valence-corrected chi connectivity index (χ3v) is 7.69. The van der Waals surface area contributed by atoms with Gasteiger partial charge in [-0.25, -0.2) is 4.57 Å². The van der Waals surface area contributed by atoms with Crippen LogP contribution < -0.4 is 4.74 Å². The Morgan fingerprint density at radius 2 is 1.81 bits per heavy atom. The largest absolute Gasteiger partial charge is 0.491 e. The summed E-state index contributed by atoms with van der Waals surface area (Å²) in [5, 5.41) is 21.3. The van der Waals surface area contributed by atoms with Crippen LogP contribution in [-0.2, 0) is 18.6 Å². The highest BCUT2D eigenvalue weighted by Crippen LogP contribution is 2.49. The minimum absolute atomic E-state index is 0.109. The van der Waals surface area contributed by atoms with Gasteiger partial charge in [0.15, 0.2) is 0 Å². The average Bonchev–Trinajstić information content (AvgIpc) is 3.56. The monoisotopic (exact) mass is 528 g/mol. The van der Waals surface area contributed by atoms with Crippen LogP contribution in [0.5, 0.6) is 5.75 Å². The van der Waals surface area contributed by atoms with Crippen molar-refractivity contribution in [2.24, 2.45) is 17.8 Å². The highest BCUT2D eigenvalue weighted by Gasteiger charge is 2.47. The molecule has 3 rings (SSSR count). The first-order chi connectivity index (χ1) is 17.1. The molecule has 0 amide bonds. The van der Waals surface area contributed by atoms with E-state index in [1.54, 1.807) is 0 Å². The number of esters is 1. The third kappa shape index (κ3) is 10.1. The zero-order chi connectivity index (χ0) is 26.1. The van der Waals surface area contributed by atoms with E-state index in [2.05, 4.69) is 0 Å². The maximum Gasteiger partial charge on any atom is 0.469 e. The first-order valence-electron chi connectivity index (χ1n) is 13.1. The average molecular weight is 529 g/mol. The van der Waals surface area contributed by atoms with Crippen molar-refractivity contribution in [3.05, 3.63) is 30.3 Å². The van der Waals surface area contributed by atoms with Gasteiger partial charge in [0.1, 0.15) is 18.5 Å². The summed E-state index contributed by atoms with van der Waals surface area (Å²) < 4.78 is 27.5. The van der Waals surface area contributed by atoms with Crippen molar-refractivity contribution in [1.29, 1.82) is 0 Å². The van der Waals surface area contributed by atoms with Crippen molar-refractivity contribution in [2.45, 2.75) is 95.5 Å². The third-order valence-electron chi connectivity index (χ3n) is 7.14. The molecule has 1 aromatic rings. The van der Waals surface area contributed by atoms with Crippen molar-refractivity contribution in [2.75, 3.05) is 6.61 Å². The predicted molar refractivity (Wildman–Crippen MR) is 133 cm³/mol. The van der Waals surface area contributed by atoms with Crippen molar-refractivity contribution < 1.29 is 43.4 Å². The highest BCUT2D eigenvalue weighted by molar-refractivity contribution is 7.46. The lowest BCUT2D eigenvalue weighted by Crippen LogP contribution is -2.32. The molecule has 10 heteroatoms. The van der Waals surface area contributed by atoms with E-state index in [0.717, 1.165) is 38.5 Å². The van der Waals surface area contributed by atoms with Crippen LogP contribution in [0, 0.1) is 17.8 Å². The van der Waals surface area contributed by atoms with Gasteiger partial charge in [0, 0.05) is 12.8 Å². The van der Waals surface area contributed by atoms with Crippen LogP contribution in [0.2, 0.25) is 0 Å². The van der Waals surface area contributed by atoms with E-state index in [0.29, 0.717) is 25.0 Å². The van der Waals surface area contributed by atoms with E-state index < -0.39 is 26.1 Å². The number of aliphatic hydroxyl groups is 2. The molecule has 1 aromatic carbocycles. The maximum atomic E-state index is 11.7. The van der Waals surface area contributed by atoms with Gasteiger partial charge in [-0.1, -0.05) is 44.4 Å². The first-order valence-corrected chi connectivity index (χ1v) is 14.6. The zero-order valence-corrected chi connectivity index (χ0v) is 21.9. The van der Waals surface area contributed by atoms with E-state index >= 15 is 0 Å². The molecule has 204 valence electrons. The molecule has 0 spiro atoms. The molecule has 0 unspecified atom stereocenters. The molecular formula is C26H41O9P. The molecule has 4 N–H and O–H groups in total. The number of benzene rings is 1. The number of unbranched alkanes of at least 4 members (excludes halogenated alkanes) is 3. The van der Waals surface area contributed by atoms with Gasteiger partial charge < -0.3 is 29.5 Å². The molecule has 2 aliphatic carbocycles. The fourth-order valence-electron chi connectivity index (χ4n) is 5.38. The number of phosphoric ester groups is 1. The number of phosphoric acid groups is 1. The quantitative estimate of drug-likeness (QED) is 0.142. The standard InChI is InChI=1S/C26H41O9P/c1-18(15-19(27)17-33-20-9-5-4-6-10-20)26-22(24(16-23(26)28)35-36(30,31)32)11-7-2-3-8-12-25(29)34-21-13-14-21/h4-6,9-10,18-19,21-24,26-28H,2-3,7-8,11-17H2,1H3,(H2,30,31,32)/t18-,19+,22-,23+,24-,26+/m0/s1. The number of ether oxygens (including phenoxy) is 2. The van der Waals surface area contributed by atoms with Crippen LogP contribution in [0.25, 0.3) is 0 Å². The Morgan fingerprint density at radius 1 is 1.11 bits per heavy atom. The van der Waals surface area contributed by atoms with Crippen LogP contribution in [0.1, 0.15) is 71.1 Å². The molecular weight excluding hydrogens is 487 g/mol. The Hall–Kier alpha value is -1.48. The normalized spacial score (nSPS) is 25.9. The summed E-state index contributed by atoms with van der Waals surface area (Å²) in [5.41, 5.74) is 0. The molecule has 36 heavy (non-hydrogen) atoms. The summed E-state index contributed by atoms with van der Waals surface area (Å²) in [6, 6.07) is 9.21. The summed E-state index contributed by atoms with van der Waals surface area (Å²) in [7, 11) is -4.71. The number of para-hydroxylation sites is 1. The molecule has 2 saturated carbocycles. The van der Waals surface area contributed by atoms with Gasteiger partial charge in [-0.15, -0.1) is 0 Å². The number of carbonyl (C=O) groups excluding carboxylic acids is 1. The molecule has 0 saturated heterocycles. The van der Waals surface area contributed by atoms with Crippen LogP contribution in [0.3, 0.4) is 0 Å². The fraction of sp³-hybridized carbons (Fsp3) is 0.731. The van der Waals surface area contributed by atoms with E-state index in [1.807, 2.05) is 37.3 Å². The molecule has 0 bridgehead atoms. The predicted octanol–water partition coefficient (Wildman–Crippen LogP) is 3.97. The van der Waals surface area contributed by atoms with Gasteiger partial charge in [0.05, 0.1) is 18.3 Å². The molecule has 2 aliphatic rings. The Morgan fingerprint density at radius 3 is 2.47 bits per heavy atom. The van der Waals surface area contributed by atoms with Gasteiger partial charge in [-0.2, -0.15) is 0 Å². The van der Waals surface area contributed by atoms with Crippen molar-refractivity contribution in [1.82, 2.24) is 0 Å². The Bertz CT molecular complexity index is 841. The second kappa shape index (κ2) is 13.9. The number of hydrogen-bond donors (Lipinski definition) is 4. The van der Waals surface area contributed by atoms with E-state index in [1.165, 1.54) is 0 Å². The summed E-state index contributed by atoms with van der Waals surface area (Å²) in [6.07, 6.45) is 4.62. The van der Waals surface area contributed by atoms with Crippen molar-refractivity contribution >= 4 is 13.8 Å².